The van der Waals surface area contributed by atoms with E-state index in [1.165, 1.54) is 6.07 Å². The smallest absolute Gasteiger partial charge is 0.419 e. The van der Waals surface area contributed by atoms with Gasteiger partial charge in [0.2, 0.25) is 0 Å². The van der Waals surface area contributed by atoms with Crippen molar-refractivity contribution in [1.82, 2.24) is 5.32 Å². The van der Waals surface area contributed by atoms with Crippen LogP contribution in [-0.2, 0) is 19.3 Å². The summed E-state index contributed by atoms with van der Waals surface area (Å²) in [5, 5.41) is 11.8. The van der Waals surface area contributed by atoms with E-state index < -0.39 is 17.6 Å². The summed E-state index contributed by atoms with van der Waals surface area (Å²) in [6.07, 6.45) is 0.597. The molecule has 2 rings (SSSR count). The van der Waals surface area contributed by atoms with E-state index in [4.69, 9.17) is 16.3 Å². The molecule has 0 radical (unpaired) electrons. The summed E-state index contributed by atoms with van der Waals surface area (Å²) in [5.74, 6) is 1.60. The van der Waals surface area contributed by atoms with Crippen LogP contribution in [0.2, 0.25) is 0 Å². The molecular formula is C19H17F4NO2. The lowest BCUT2D eigenvalue weighted by molar-refractivity contribution is -0.140. The highest BCUT2D eigenvalue weighted by atomic mass is 19.4. The molecule has 0 aliphatic carbocycles. The van der Waals surface area contributed by atoms with E-state index in [1.807, 2.05) is 0 Å². The third-order valence-electron chi connectivity index (χ3n) is 3.56. The zero-order chi connectivity index (χ0) is 19.2. The molecule has 2 aromatic carbocycles. The number of rotatable bonds is 7. The fraction of sp³-hybridized carbons (Fsp3) is 0.263. The van der Waals surface area contributed by atoms with Crippen molar-refractivity contribution in [1.29, 1.82) is 0 Å². The standard InChI is InChI=1S/C19H17F4NO2/c1-2-13-4-6-18(15(9-13)11-24-7-8-25)26-12-14-3-5-17(20)16(10-14)19(21,22)23/h1,3-6,9-10,24-25H,7-8,11-12H2. The maximum Gasteiger partial charge on any atom is 0.419 e. The fourth-order valence-electron chi connectivity index (χ4n) is 2.29. The van der Waals surface area contributed by atoms with Gasteiger partial charge in [-0.2, -0.15) is 13.2 Å². The van der Waals surface area contributed by atoms with E-state index in [0.29, 0.717) is 30.0 Å². The lowest BCUT2D eigenvalue weighted by atomic mass is 10.1. The van der Waals surface area contributed by atoms with Crippen LogP contribution in [0.15, 0.2) is 36.4 Å². The molecule has 0 fully saturated rings. The van der Waals surface area contributed by atoms with Crippen molar-refractivity contribution in [3.63, 3.8) is 0 Å². The lowest BCUT2D eigenvalue weighted by Gasteiger charge is -2.14. The topological polar surface area (TPSA) is 41.5 Å². The van der Waals surface area contributed by atoms with Crippen LogP contribution in [-0.4, -0.2) is 18.3 Å². The summed E-state index contributed by atoms with van der Waals surface area (Å²) in [6, 6.07) is 7.73. The van der Waals surface area contributed by atoms with Gasteiger partial charge in [0.05, 0.1) is 12.2 Å². The van der Waals surface area contributed by atoms with E-state index >= 15 is 0 Å². The van der Waals surface area contributed by atoms with E-state index in [1.54, 1.807) is 18.2 Å². The predicted molar refractivity (Wildman–Crippen MR) is 88.9 cm³/mol. The minimum Gasteiger partial charge on any atom is -0.489 e. The molecule has 0 spiro atoms. The highest BCUT2D eigenvalue weighted by molar-refractivity contribution is 5.43. The molecule has 0 aromatic heterocycles. The van der Waals surface area contributed by atoms with E-state index in [2.05, 4.69) is 11.2 Å². The molecule has 138 valence electrons. The minimum absolute atomic E-state index is 0.0409. The van der Waals surface area contributed by atoms with Gasteiger partial charge in [0, 0.05) is 24.2 Å². The number of aliphatic hydroxyl groups excluding tert-OH is 1. The predicted octanol–water partition coefficient (Wildman–Crippen LogP) is 3.49. The summed E-state index contributed by atoms with van der Waals surface area (Å²) < 4.78 is 57.3. The maximum atomic E-state index is 13.3. The Bertz CT molecular complexity index is 797. The number of benzene rings is 2. The second-order valence-corrected chi connectivity index (χ2v) is 5.47. The van der Waals surface area contributed by atoms with Gasteiger partial charge in [-0.1, -0.05) is 12.0 Å². The van der Waals surface area contributed by atoms with Gasteiger partial charge in [0.25, 0.3) is 0 Å². The minimum atomic E-state index is -4.77. The van der Waals surface area contributed by atoms with E-state index in [0.717, 1.165) is 12.1 Å². The van der Waals surface area contributed by atoms with Crippen molar-refractivity contribution in [3.05, 3.63) is 64.5 Å². The van der Waals surface area contributed by atoms with Crippen LogP contribution in [0.3, 0.4) is 0 Å². The monoisotopic (exact) mass is 367 g/mol. The highest BCUT2D eigenvalue weighted by Gasteiger charge is 2.34. The second kappa shape index (κ2) is 8.70. The molecule has 0 saturated heterocycles. The Labute approximate surface area is 148 Å². The maximum absolute atomic E-state index is 13.3. The third kappa shape index (κ3) is 5.22. The van der Waals surface area contributed by atoms with Gasteiger partial charge < -0.3 is 15.2 Å². The van der Waals surface area contributed by atoms with Gasteiger partial charge in [0.1, 0.15) is 18.2 Å². The Hall–Kier alpha value is -2.56. The van der Waals surface area contributed by atoms with E-state index in [9.17, 15) is 17.6 Å². The molecule has 7 heteroatoms. The van der Waals surface area contributed by atoms with Crippen molar-refractivity contribution >= 4 is 0 Å². The van der Waals surface area contributed by atoms with Gasteiger partial charge in [-0.05, 0) is 35.9 Å². The quantitative estimate of drug-likeness (QED) is 0.447. The molecule has 0 unspecified atom stereocenters. The number of terminal acetylenes is 1. The molecule has 3 nitrogen and oxygen atoms in total. The Kier molecular flexibility index (Phi) is 6.61. The van der Waals surface area contributed by atoms with Gasteiger partial charge in [-0.25, -0.2) is 4.39 Å². The molecule has 0 atom stereocenters. The SMILES string of the molecule is C#Cc1ccc(OCc2ccc(F)c(C(F)(F)F)c2)c(CNCCO)c1. The summed E-state index contributed by atoms with van der Waals surface area (Å²) in [5.41, 5.74) is 0.187. The Morgan fingerprint density at radius 1 is 1.15 bits per heavy atom. The molecule has 0 heterocycles. The van der Waals surface area contributed by atoms with Crippen LogP contribution in [0.5, 0.6) is 5.75 Å². The fourth-order valence-corrected chi connectivity index (χ4v) is 2.29. The summed E-state index contributed by atoms with van der Waals surface area (Å²) in [7, 11) is 0. The van der Waals surface area contributed by atoms with Crippen molar-refractivity contribution in [2.24, 2.45) is 0 Å². The summed E-state index contributed by atoms with van der Waals surface area (Å²) in [4.78, 5) is 0. The third-order valence-corrected chi connectivity index (χ3v) is 3.56. The molecule has 2 N–H and O–H groups in total. The number of halogens is 4. The molecule has 0 aliphatic heterocycles. The van der Waals surface area contributed by atoms with Crippen LogP contribution in [0.25, 0.3) is 0 Å². The first kappa shape index (κ1) is 19.8. The van der Waals surface area contributed by atoms with Gasteiger partial charge >= 0.3 is 6.18 Å². The highest BCUT2D eigenvalue weighted by Crippen LogP contribution is 2.32. The Balaban J connectivity index is 2.17. The van der Waals surface area contributed by atoms with Crippen molar-refractivity contribution in [2.45, 2.75) is 19.3 Å². The van der Waals surface area contributed by atoms with Crippen LogP contribution < -0.4 is 10.1 Å². The van der Waals surface area contributed by atoms with Crippen LogP contribution in [0.4, 0.5) is 17.6 Å². The molecule has 26 heavy (non-hydrogen) atoms. The van der Waals surface area contributed by atoms with Crippen LogP contribution in [0, 0.1) is 18.2 Å². The average Bonchev–Trinajstić information content (AvgIpc) is 2.60. The number of aliphatic hydroxyl groups is 1. The molecule has 0 aliphatic rings. The molecular weight excluding hydrogens is 350 g/mol. The van der Waals surface area contributed by atoms with Crippen molar-refractivity contribution in [2.75, 3.05) is 13.2 Å². The first-order chi connectivity index (χ1) is 12.3. The number of ether oxygens (including phenoxy) is 1. The first-order valence-electron chi connectivity index (χ1n) is 7.74. The van der Waals surface area contributed by atoms with Crippen LogP contribution in [0.1, 0.15) is 22.3 Å². The van der Waals surface area contributed by atoms with Crippen molar-refractivity contribution in [3.8, 4) is 18.1 Å². The summed E-state index contributed by atoms with van der Waals surface area (Å²) >= 11 is 0. The number of alkyl halides is 3. The summed E-state index contributed by atoms with van der Waals surface area (Å²) in [6.45, 7) is 0.530. The van der Waals surface area contributed by atoms with Crippen molar-refractivity contribution < 1.29 is 27.4 Å². The van der Waals surface area contributed by atoms with Gasteiger partial charge in [-0.3, -0.25) is 0 Å². The number of hydrogen-bond donors (Lipinski definition) is 2. The number of nitrogens with one attached hydrogen (secondary N) is 1. The van der Waals surface area contributed by atoms with Gasteiger partial charge in [0.15, 0.2) is 0 Å². The Morgan fingerprint density at radius 2 is 1.92 bits per heavy atom. The van der Waals surface area contributed by atoms with Crippen LogP contribution >= 0.6 is 0 Å². The van der Waals surface area contributed by atoms with Gasteiger partial charge in [-0.15, -0.1) is 6.42 Å². The molecule has 0 saturated carbocycles. The number of hydrogen-bond acceptors (Lipinski definition) is 3. The largest absolute Gasteiger partial charge is 0.489 e. The second-order valence-electron chi connectivity index (χ2n) is 5.47. The molecule has 0 amide bonds. The normalized spacial score (nSPS) is 11.2. The zero-order valence-electron chi connectivity index (χ0n) is 13.7. The average molecular weight is 367 g/mol. The zero-order valence-corrected chi connectivity index (χ0v) is 13.7. The molecule has 0 bridgehead atoms. The van der Waals surface area contributed by atoms with E-state index in [-0.39, 0.29) is 18.8 Å². The molecule has 2 aromatic rings. The first-order valence-corrected chi connectivity index (χ1v) is 7.74. The lowest BCUT2D eigenvalue weighted by Crippen LogP contribution is -2.18. The Morgan fingerprint density at radius 3 is 2.58 bits per heavy atom.